The summed E-state index contributed by atoms with van der Waals surface area (Å²) < 4.78 is 25.2. The van der Waals surface area contributed by atoms with Gasteiger partial charge in [0.05, 0.1) is 7.11 Å². The van der Waals surface area contributed by atoms with Crippen molar-refractivity contribution in [2.24, 2.45) is 10.8 Å². The number of carbonyl (C=O) groups excluding carboxylic acids is 2. The Labute approximate surface area is 259 Å². The maximum absolute atomic E-state index is 14.1. The molecule has 0 aromatic heterocycles. The lowest BCUT2D eigenvalue weighted by atomic mass is 9.63. The first kappa shape index (κ1) is 29.9. The first-order chi connectivity index (χ1) is 20.9. The van der Waals surface area contributed by atoms with Gasteiger partial charge in [0, 0.05) is 47.8 Å². The van der Waals surface area contributed by atoms with Crippen LogP contribution in [0.15, 0.2) is 95.3 Å². The average Bonchev–Trinajstić information content (AvgIpc) is 2.97. The summed E-state index contributed by atoms with van der Waals surface area (Å²) in [5.41, 5.74) is 5.94. The van der Waals surface area contributed by atoms with Gasteiger partial charge in [-0.15, -0.1) is 0 Å². The second-order valence-corrected chi connectivity index (χ2v) is 13.9. The van der Waals surface area contributed by atoms with Gasteiger partial charge in [0.25, 0.3) is 0 Å². The van der Waals surface area contributed by atoms with Crippen molar-refractivity contribution in [2.45, 2.75) is 72.4 Å². The molecule has 44 heavy (non-hydrogen) atoms. The smallest absolute Gasteiger partial charge is 0.162 e. The molecular weight excluding hydrogens is 553 g/mol. The van der Waals surface area contributed by atoms with E-state index in [2.05, 4.69) is 44.7 Å². The summed E-state index contributed by atoms with van der Waals surface area (Å²) in [4.78, 5) is 30.6. The van der Waals surface area contributed by atoms with Gasteiger partial charge in [-0.2, -0.15) is 0 Å². The first-order valence-corrected chi connectivity index (χ1v) is 15.3. The third-order valence-corrected chi connectivity index (χ3v) is 9.03. The first-order valence-electron chi connectivity index (χ1n) is 15.3. The molecule has 3 aromatic carbocycles. The van der Waals surface area contributed by atoms with E-state index in [0.29, 0.717) is 30.9 Å². The molecule has 2 aliphatic carbocycles. The Morgan fingerprint density at radius 3 is 1.91 bits per heavy atom. The van der Waals surface area contributed by atoms with Crippen LogP contribution >= 0.6 is 0 Å². The van der Waals surface area contributed by atoms with Gasteiger partial charge in [0.1, 0.15) is 12.4 Å². The highest BCUT2D eigenvalue weighted by molar-refractivity contribution is 6.06. The quantitative estimate of drug-likeness (QED) is 0.276. The van der Waals surface area contributed by atoms with Gasteiger partial charge in [-0.3, -0.25) is 9.59 Å². The Morgan fingerprint density at radius 1 is 0.750 bits per heavy atom. The van der Waals surface area contributed by atoms with Crippen LogP contribution in [-0.2, 0) is 22.7 Å². The fourth-order valence-electron chi connectivity index (χ4n) is 7.06. The van der Waals surface area contributed by atoms with Crippen LogP contribution in [0.1, 0.15) is 76.0 Å². The molecule has 228 valence electrons. The summed E-state index contributed by atoms with van der Waals surface area (Å²) in [5, 5.41) is 0. The molecule has 0 bridgehead atoms. The van der Waals surface area contributed by atoms with Crippen LogP contribution in [0.3, 0.4) is 0 Å². The Morgan fingerprint density at radius 2 is 1.34 bits per heavy atom. The minimum atomic E-state index is -0.473. The van der Waals surface area contributed by atoms with Crippen LogP contribution in [0.5, 0.6) is 11.5 Å². The van der Waals surface area contributed by atoms with Crippen LogP contribution in [0.2, 0.25) is 0 Å². The number of ether oxygens (including phenoxy) is 2. The maximum Gasteiger partial charge on any atom is 0.162 e. The molecule has 0 saturated heterocycles. The van der Waals surface area contributed by atoms with Crippen molar-refractivity contribution >= 4 is 11.6 Å². The molecule has 0 fully saturated rings. The summed E-state index contributed by atoms with van der Waals surface area (Å²) in [6.45, 7) is 9.47. The van der Waals surface area contributed by atoms with Gasteiger partial charge < -0.3 is 14.4 Å². The Kier molecular flexibility index (Phi) is 7.73. The molecule has 3 aromatic rings. The predicted molar refractivity (Wildman–Crippen MR) is 169 cm³/mol. The molecule has 6 heteroatoms. The molecule has 1 heterocycles. The van der Waals surface area contributed by atoms with Crippen molar-refractivity contribution in [1.82, 2.24) is 4.90 Å². The number of halogens is 1. The monoisotopic (exact) mass is 593 g/mol. The average molecular weight is 594 g/mol. The van der Waals surface area contributed by atoms with Crippen LogP contribution in [0.4, 0.5) is 4.39 Å². The van der Waals surface area contributed by atoms with Crippen LogP contribution in [-0.4, -0.2) is 23.6 Å². The van der Waals surface area contributed by atoms with Gasteiger partial charge in [0.2, 0.25) is 0 Å². The highest BCUT2D eigenvalue weighted by Gasteiger charge is 2.49. The number of nitrogens with zero attached hydrogens (tertiary/aromatic N) is 1. The van der Waals surface area contributed by atoms with E-state index >= 15 is 0 Å². The van der Waals surface area contributed by atoms with Crippen molar-refractivity contribution in [3.63, 3.8) is 0 Å². The number of Topliss-reactive ketones (excluding diaryl/α,β-unsaturated/α-hetero) is 2. The lowest BCUT2D eigenvalue weighted by Gasteiger charge is -2.49. The van der Waals surface area contributed by atoms with Gasteiger partial charge in [-0.1, -0.05) is 76.2 Å². The summed E-state index contributed by atoms with van der Waals surface area (Å²) in [5.74, 6) is 0.483. The van der Waals surface area contributed by atoms with Crippen LogP contribution in [0, 0.1) is 16.6 Å². The number of hydrogen-bond acceptors (Lipinski definition) is 5. The zero-order valence-electron chi connectivity index (χ0n) is 26.2. The Balaban J connectivity index is 1.47. The maximum atomic E-state index is 14.1. The molecule has 0 amide bonds. The van der Waals surface area contributed by atoms with Gasteiger partial charge in [-0.05, 0) is 64.6 Å². The minimum Gasteiger partial charge on any atom is -0.493 e. The minimum absolute atomic E-state index is 0.0964. The van der Waals surface area contributed by atoms with Gasteiger partial charge >= 0.3 is 0 Å². The van der Waals surface area contributed by atoms with Crippen molar-refractivity contribution in [2.75, 3.05) is 7.11 Å². The van der Waals surface area contributed by atoms with E-state index in [-0.39, 0.29) is 34.8 Å². The third kappa shape index (κ3) is 5.82. The molecule has 0 radical (unpaired) electrons. The zero-order chi connectivity index (χ0) is 31.2. The molecule has 0 spiro atoms. The summed E-state index contributed by atoms with van der Waals surface area (Å²) in [7, 11) is 1.59. The number of ketones is 2. The van der Waals surface area contributed by atoms with E-state index < -0.39 is 5.92 Å². The van der Waals surface area contributed by atoms with E-state index in [4.69, 9.17) is 9.47 Å². The van der Waals surface area contributed by atoms with E-state index in [9.17, 15) is 14.0 Å². The largest absolute Gasteiger partial charge is 0.493 e. The number of carbonyl (C=O) groups is 2. The Bertz CT molecular complexity index is 1610. The molecule has 6 rings (SSSR count). The molecular formula is C38H40FNO4. The van der Waals surface area contributed by atoms with Crippen molar-refractivity contribution in [1.29, 1.82) is 0 Å². The van der Waals surface area contributed by atoms with Crippen LogP contribution in [0.25, 0.3) is 0 Å². The van der Waals surface area contributed by atoms with Gasteiger partial charge in [-0.25, -0.2) is 4.39 Å². The molecule has 0 unspecified atom stereocenters. The normalized spacial score (nSPS) is 19.5. The summed E-state index contributed by atoms with van der Waals surface area (Å²) in [6, 6.07) is 22.2. The number of allylic oxidation sites excluding steroid dienone is 4. The number of hydrogen-bond donors (Lipinski definition) is 0. The fraction of sp³-hybridized carbons (Fsp3) is 0.368. The predicted octanol–water partition coefficient (Wildman–Crippen LogP) is 8.30. The van der Waals surface area contributed by atoms with Crippen molar-refractivity contribution in [3.05, 3.63) is 118 Å². The van der Waals surface area contributed by atoms with E-state index in [0.717, 1.165) is 52.1 Å². The van der Waals surface area contributed by atoms with Crippen LogP contribution < -0.4 is 9.47 Å². The lowest BCUT2D eigenvalue weighted by molar-refractivity contribution is -0.119. The van der Waals surface area contributed by atoms with E-state index in [1.165, 1.54) is 12.1 Å². The Hall–Kier alpha value is -4.19. The molecule has 0 N–H and O–H groups in total. The lowest BCUT2D eigenvalue weighted by Crippen LogP contribution is -2.44. The van der Waals surface area contributed by atoms with Crippen molar-refractivity contribution < 1.29 is 23.5 Å². The highest BCUT2D eigenvalue weighted by Crippen LogP contribution is 2.55. The van der Waals surface area contributed by atoms with E-state index in [1.807, 2.05) is 36.4 Å². The number of benzene rings is 3. The molecule has 3 aliphatic rings. The second-order valence-electron chi connectivity index (χ2n) is 13.9. The third-order valence-electron chi connectivity index (χ3n) is 9.03. The fourth-order valence-corrected chi connectivity index (χ4v) is 7.06. The SMILES string of the molecule is COc1cc(C2C3=C(CC(C)(C)CC3=O)N(Cc3ccccc3)C3=C2C(=O)CC(C)(C)C3)ccc1OCc1ccc(F)cc1. The molecule has 5 nitrogen and oxygen atoms in total. The number of rotatable bonds is 7. The molecule has 0 atom stereocenters. The summed E-state index contributed by atoms with van der Waals surface area (Å²) >= 11 is 0. The number of methoxy groups -OCH3 is 1. The van der Waals surface area contributed by atoms with Gasteiger partial charge in [0.15, 0.2) is 23.1 Å². The van der Waals surface area contributed by atoms with E-state index in [1.54, 1.807) is 19.2 Å². The van der Waals surface area contributed by atoms with Crippen molar-refractivity contribution in [3.8, 4) is 11.5 Å². The molecule has 1 aliphatic heterocycles. The summed E-state index contributed by atoms with van der Waals surface area (Å²) in [6.07, 6.45) is 2.36. The highest BCUT2D eigenvalue weighted by atomic mass is 19.1. The second kappa shape index (κ2) is 11.4. The topological polar surface area (TPSA) is 55.8 Å². The standard InChI is InChI=1S/C38H40FNO4/c1-37(2)18-28-35(30(41)20-37)34(26-13-16-32(33(17-26)43-5)44-23-25-11-14-27(39)15-12-25)36-29(19-38(3,4)21-31(36)42)40(28)22-24-9-7-6-8-10-24/h6-17,34H,18-23H2,1-5H3. The zero-order valence-corrected chi connectivity index (χ0v) is 26.2. The molecule has 0 saturated carbocycles.